The molecule has 2 aliphatic rings. The van der Waals surface area contributed by atoms with Crippen molar-refractivity contribution in [3.05, 3.63) is 95.6 Å². The molecule has 0 spiro atoms. The number of aryl methyl sites for hydroxylation is 1. The molecular formula is C41H50N4O3S. The van der Waals surface area contributed by atoms with Crippen LogP contribution in [0.5, 0.6) is 5.75 Å². The Morgan fingerprint density at radius 2 is 1.76 bits per heavy atom. The number of benzene rings is 3. The number of nitrogens with one attached hydrogen (secondary N) is 1. The molecular weight excluding hydrogens is 629 g/mol. The Bertz CT molecular complexity index is 1710. The first-order valence-corrected chi connectivity index (χ1v) is 18.9. The van der Waals surface area contributed by atoms with Gasteiger partial charge in [-0.05, 0) is 103 Å². The number of carbonyl (C=O) groups is 1. The maximum absolute atomic E-state index is 13.7. The molecule has 1 N–H and O–H groups in total. The lowest BCUT2D eigenvalue weighted by Gasteiger charge is -2.27. The van der Waals surface area contributed by atoms with E-state index in [1.165, 1.54) is 34.9 Å². The van der Waals surface area contributed by atoms with E-state index >= 15 is 0 Å². The van der Waals surface area contributed by atoms with Gasteiger partial charge in [-0.3, -0.25) is 4.79 Å². The average Bonchev–Trinajstić information content (AvgIpc) is 3.44. The van der Waals surface area contributed by atoms with Crippen molar-refractivity contribution in [1.29, 1.82) is 0 Å². The molecule has 49 heavy (non-hydrogen) atoms. The van der Waals surface area contributed by atoms with E-state index in [2.05, 4.69) is 89.1 Å². The molecule has 6 rings (SSSR count). The number of hydrogen-bond acceptors (Lipinski definition) is 6. The van der Waals surface area contributed by atoms with E-state index in [1.807, 2.05) is 42.2 Å². The minimum atomic E-state index is -0.0470. The summed E-state index contributed by atoms with van der Waals surface area (Å²) in [4.78, 5) is 21.9. The maximum atomic E-state index is 13.7. The number of thioether (sulfide) groups is 1. The molecule has 0 saturated carbocycles. The Hall–Kier alpha value is -4.01. The lowest BCUT2D eigenvalue weighted by Crippen LogP contribution is -2.29. The molecule has 0 radical (unpaired) electrons. The van der Waals surface area contributed by atoms with Gasteiger partial charge in [0.15, 0.2) is 0 Å². The van der Waals surface area contributed by atoms with E-state index < -0.39 is 0 Å². The summed E-state index contributed by atoms with van der Waals surface area (Å²) in [5.74, 6) is 3.41. The van der Waals surface area contributed by atoms with Gasteiger partial charge in [-0.1, -0.05) is 45.4 Å². The van der Waals surface area contributed by atoms with Crippen LogP contribution in [0.2, 0.25) is 0 Å². The second-order valence-corrected chi connectivity index (χ2v) is 14.5. The summed E-state index contributed by atoms with van der Waals surface area (Å²) in [6, 6.07) is 23.0. The van der Waals surface area contributed by atoms with E-state index in [9.17, 15) is 4.79 Å². The molecule has 4 aromatic rings. The summed E-state index contributed by atoms with van der Waals surface area (Å²) < 4.78 is 13.9. The van der Waals surface area contributed by atoms with Gasteiger partial charge in [0.05, 0.1) is 6.61 Å². The molecule has 1 amide bonds. The van der Waals surface area contributed by atoms with Crippen LogP contribution in [-0.4, -0.2) is 48.4 Å². The molecule has 258 valence electrons. The van der Waals surface area contributed by atoms with Crippen LogP contribution in [-0.2, 0) is 28.2 Å². The van der Waals surface area contributed by atoms with E-state index in [4.69, 9.17) is 9.47 Å². The zero-order chi connectivity index (χ0) is 34.0. The number of fused-ring (bicyclic) bond motifs is 2. The molecule has 2 aliphatic heterocycles. The largest absolute Gasteiger partial charge is 0.491 e. The fourth-order valence-corrected chi connectivity index (χ4v) is 7.36. The van der Waals surface area contributed by atoms with Crippen LogP contribution in [0, 0.1) is 5.92 Å². The summed E-state index contributed by atoms with van der Waals surface area (Å²) in [7, 11) is 0. The lowest BCUT2D eigenvalue weighted by molar-refractivity contribution is -0.112. The molecule has 0 fully saturated rings. The van der Waals surface area contributed by atoms with Crippen molar-refractivity contribution in [2.45, 2.75) is 76.5 Å². The van der Waals surface area contributed by atoms with Crippen LogP contribution >= 0.6 is 11.8 Å². The van der Waals surface area contributed by atoms with Crippen LogP contribution in [0.25, 0.3) is 17.2 Å². The summed E-state index contributed by atoms with van der Waals surface area (Å²) in [6.45, 7) is 11.4. The first-order chi connectivity index (χ1) is 24.0. The van der Waals surface area contributed by atoms with Gasteiger partial charge in [-0.25, -0.2) is 4.98 Å². The van der Waals surface area contributed by atoms with Crippen LogP contribution in [0.15, 0.2) is 83.4 Å². The number of ether oxygens (including phenoxy) is 2. The molecule has 7 nitrogen and oxygen atoms in total. The highest BCUT2D eigenvalue weighted by atomic mass is 32.2. The van der Waals surface area contributed by atoms with Crippen molar-refractivity contribution in [2.24, 2.45) is 5.92 Å². The van der Waals surface area contributed by atoms with Crippen molar-refractivity contribution in [2.75, 3.05) is 43.1 Å². The Balaban J connectivity index is 1.11. The zero-order valence-corrected chi connectivity index (χ0v) is 30.1. The molecule has 0 bridgehead atoms. The minimum absolute atomic E-state index is 0.0470. The average molecular weight is 679 g/mol. The topological polar surface area (TPSA) is 68.6 Å². The van der Waals surface area contributed by atoms with E-state index in [0.717, 1.165) is 85.0 Å². The van der Waals surface area contributed by atoms with Crippen LogP contribution in [0.3, 0.4) is 0 Å². The van der Waals surface area contributed by atoms with Gasteiger partial charge in [-0.2, -0.15) is 0 Å². The third kappa shape index (κ3) is 9.37. The summed E-state index contributed by atoms with van der Waals surface area (Å²) >= 11 is 1.81. The number of carbonyl (C=O) groups excluding carboxylic acids is 1. The van der Waals surface area contributed by atoms with Gasteiger partial charge < -0.3 is 24.3 Å². The van der Waals surface area contributed by atoms with Gasteiger partial charge in [0, 0.05) is 72.1 Å². The van der Waals surface area contributed by atoms with Crippen molar-refractivity contribution in [3.8, 4) is 16.9 Å². The Kier molecular flexibility index (Phi) is 12.1. The summed E-state index contributed by atoms with van der Waals surface area (Å²) in [5.41, 5.74) is 7.35. The van der Waals surface area contributed by atoms with Crippen LogP contribution in [0.1, 0.15) is 70.0 Å². The molecule has 8 heteroatoms. The Morgan fingerprint density at radius 1 is 0.939 bits per heavy atom. The number of unbranched alkanes of at least 4 members (excludes halogenated alkanes) is 1. The second-order valence-electron chi connectivity index (χ2n) is 13.4. The van der Waals surface area contributed by atoms with Gasteiger partial charge in [0.25, 0.3) is 5.91 Å². The summed E-state index contributed by atoms with van der Waals surface area (Å²) in [5, 5.41) is 3.18. The fourth-order valence-electron chi connectivity index (χ4n) is 6.49. The number of hydrogen-bond donors (Lipinski definition) is 1. The number of nitrogens with zero attached hydrogens (tertiary/aromatic N) is 3. The van der Waals surface area contributed by atoms with E-state index in [1.54, 1.807) is 0 Å². The standard InChI is InChI=1S/C41H50N4O3S/c1-4-5-22-47-23-24-48-37-14-9-31(10-15-37)32-11-18-39-34(25-32)26-33(19-21-44(39)28-30(2)3)41(46)43-35-12-16-38(17-13-35)49-29-36-27-42-40-8-6-7-20-45(36)40/h9-18,25-27,30H,4-8,19-24,28-29H2,1-3H3,(H,43,46). The third-order valence-corrected chi connectivity index (χ3v) is 10.1. The van der Waals surface area contributed by atoms with Crippen molar-refractivity contribution in [3.63, 3.8) is 0 Å². The first-order valence-electron chi connectivity index (χ1n) is 17.9. The minimum Gasteiger partial charge on any atom is -0.491 e. The Morgan fingerprint density at radius 3 is 2.55 bits per heavy atom. The molecule has 0 aliphatic carbocycles. The predicted octanol–water partition coefficient (Wildman–Crippen LogP) is 9.26. The monoisotopic (exact) mass is 678 g/mol. The van der Waals surface area contributed by atoms with E-state index in [-0.39, 0.29) is 5.91 Å². The second kappa shape index (κ2) is 17.1. The molecule has 0 saturated heterocycles. The highest BCUT2D eigenvalue weighted by Crippen LogP contribution is 2.34. The molecule has 0 unspecified atom stereocenters. The smallest absolute Gasteiger partial charge is 0.251 e. The number of anilines is 2. The molecule has 3 heterocycles. The number of aromatic nitrogens is 2. The number of amides is 1. The maximum Gasteiger partial charge on any atom is 0.251 e. The van der Waals surface area contributed by atoms with Crippen LogP contribution < -0.4 is 15.0 Å². The van der Waals surface area contributed by atoms with Crippen molar-refractivity contribution in [1.82, 2.24) is 9.55 Å². The molecule has 3 aromatic carbocycles. The number of imidazole rings is 1. The third-order valence-electron chi connectivity index (χ3n) is 9.10. The van der Waals surface area contributed by atoms with Gasteiger partial charge >= 0.3 is 0 Å². The molecule has 0 atom stereocenters. The quantitative estimate of drug-likeness (QED) is 0.0999. The van der Waals surface area contributed by atoms with Gasteiger partial charge in [-0.15, -0.1) is 11.8 Å². The van der Waals surface area contributed by atoms with Gasteiger partial charge in [0.2, 0.25) is 0 Å². The number of rotatable bonds is 15. The zero-order valence-electron chi connectivity index (χ0n) is 29.2. The summed E-state index contributed by atoms with van der Waals surface area (Å²) in [6.07, 6.45) is 10.6. The SMILES string of the molecule is CCCCOCCOc1ccc(-c2ccc3c(c2)C=C(C(=O)Nc2ccc(SCc4cnc5n4CCCC5)cc2)CCN3CC(C)C)cc1. The van der Waals surface area contributed by atoms with Crippen molar-refractivity contribution < 1.29 is 14.3 Å². The van der Waals surface area contributed by atoms with Crippen LogP contribution in [0.4, 0.5) is 11.4 Å². The highest BCUT2D eigenvalue weighted by Gasteiger charge is 2.21. The van der Waals surface area contributed by atoms with Crippen molar-refractivity contribution >= 4 is 35.1 Å². The predicted molar refractivity (Wildman–Crippen MR) is 203 cm³/mol. The molecule has 1 aromatic heterocycles. The first kappa shape index (κ1) is 34.8. The van der Waals surface area contributed by atoms with Gasteiger partial charge in [0.1, 0.15) is 18.2 Å². The highest BCUT2D eigenvalue weighted by molar-refractivity contribution is 7.98. The lowest BCUT2D eigenvalue weighted by atomic mass is 10.00. The Labute approximate surface area is 296 Å². The normalized spacial score (nSPS) is 14.2. The van der Waals surface area contributed by atoms with E-state index in [0.29, 0.717) is 25.6 Å². The fraction of sp³-hybridized carbons (Fsp3) is 0.415.